The molecule has 2 aliphatic rings. The summed E-state index contributed by atoms with van der Waals surface area (Å²) >= 11 is 0. The highest BCUT2D eigenvalue weighted by molar-refractivity contribution is 5.81. The third-order valence-corrected chi connectivity index (χ3v) is 7.38. The SMILES string of the molecule is C[N+]1(CCc2ccon2)CCC(OC(=O)C(O)(c2ccccc2)C2CCCCC2)CC1. The topological polar surface area (TPSA) is 72.6 Å². The number of carbonyl (C=O) groups excluding carboxylic acids is 1. The Labute approximate surface area is 184 Å². The molecule has 1 aromatic heterocycles. The van der Waals surface area contributed by atoms with E-state index in [-0.39, 0.29) is 12.0 Å². The number of likely N-dealkylation sites (N-methyl/N-ethyl adjacent to an activating group) is 1. The molecule has 0 amide bonds. The van der Waals surface area contributed by atoms with Crippen LogP contribution in [0, 0.1) is 5.92 Å². The van der Waals surface area contributed by atoms with Crippen LogP contribution in [0.3, 0.4) is 0 Å². The molecular weight excluding hydrogens is 392 g/mol. The summed E-state index contributed by atoms with van der Waals surface area (Å²) in [6.07, 6.45) is 9.00. The smallest absolute Gasteiger partial charge is 0.343 e. The third-order valence-electron chi connectivity index (χ3n) is 7.38. The van der Waals surface area contributed by atoms with Gasteiger partial charge in [-0.15, -0.1) is 0 Å². The predicted octanol–water partition coefficient (Wildman–Crippen LogP) is 3.84. The van der Waals surface area contributed by atoms with Crippen LogP contribution in [-0.2, 0) is 21.6 Å². The van der Waals surface area contributed by atoms with E-state index in [1.165, 1.54) is 6.42 Å². The van der Waals surface area contributed by atoms with Crippen molar-refractivity contribution in [1.82, 2.24) is 5.16 Å². The largest absolute Gasteiger partial charge is 0.460 e. The standard InChI is InChI=1S/C25H35N2O4/c1-27(16-12-22-15-19-30-26-22)17-13-23(14-18-27)31-24(28)25(29,20-8-4-2-5-9-20)21-10-6-3-7-11-21/h2,4-5,8-9,15,19,21,23,29H,3,6-7,10-14,16-18H2,1H3/q+1. The molecule has 1 saturated heterocycles. The third kappa shape index (κ3) is 5.01. The average molecular weight is 428 g/mol. The Balaban J connectivity index is 1.39. The molecule has 168 valence electrons. The van der Waals surface area contributed by atoms with Crippen molar-refractivity contribution in [3.05, 3.63) is 53.9 Å². The first-order valence-corrected chi connectivity index (χ1v) is 11.7. The highest BCUT2D eigenvalue weighted by Gasteiger charge is 2.48. The zero-order valence-corrected chi connectivity index (χ0v) is 18.5. The molecule has 1 aliphatic heterocycles. The number of hydrogen-bond acceptors (Lipinski definition) is 5. The van der Waals surface area contributed by atoms with Crippen molar-refractivity contribution in [3.8, 4) is 0 Å². The van der Waals surface area contributed by atoms with Crippen LogP contribution in [0.5, 0.6) is 0 Å². The van der Waals surface area contributed by atoms with Crippen molar-refractivity contribution in [2.75, 3.05) is 26.7 Å². The van der Waals surface area contributed by atoms with Gasteiger partial charge in [0.25, 0.3) is 0 Å². The van der Waals surface area contributed by atoms with Gasteiger partial charge in [-0.25, -0.2) is 4.79 Å². The summed E-state index contributed by atoms with van der Waals surface area (Å²) in [4.78, 5) is 13.4. The van der Waals surface area contributed by atoms with E-state index in [1.54, 1.807) is 6.26 Å². The van der Waals surface area contributed by atoms with Gasteiger partial charge in [-0.1, -0.05) is 54.8 Å². The normalized spacial score (nSPS) is 26.8. The van der Waals surface area contributed by atoms with Gasteiger partial charge in [0.2, 0.25) is 0 Å². The van der Waals surface area contributed by atoms with Crippen LogP contribution in [0.4, 0.5) is 0 Å². The van der Waals surface area contributed by atoms with Crippen LogP contribution in [0.2, 0.25) is 0 Å². The summed E-state index contributed by atoms with van der Waals surface area (Å²) < 4.78 is 11.8. The van der Waals surface area contributed by atoms with E-state index in [9.17, 15) is 9.90 Å². The fourth-order valence-corrected chi connectivity index (χ4v) is 5.23. The van der Waals surface area contributed by atoms with Gasteiger partial charge < -0.3 is 18.8 Å². The van der Waals surface area contributed by atoms with Crippen LogP contribution in [-0.4, -0.2) is 53.5 Å². The summed E-state index contributed by atoms with van der Waals surface area (Å²) in [5, 5.41) is 15.7. The second-order valence-electron chi connectivity index (χ2n) is 9.60. The van der Waals surface area contributed by atoms with Crippen LogP contribution < -0.4 is 0 Å². The summed E-state index contributed by atoms with van der Waals surface area (Å²) in [6.45, 7) is 2.88. The maximum atomic E-state index is 13.4. The lowest BCUT2D eigenvalue weighted by atomic mass is 9.73. The maximum absolute atomic E-state index is 13.4. The minimum absolute atomic E-state index is 0.0803. The molecule has 1 N–H and O–H groups in total. The number of rotatable bonds is 7. The minimum Gasteiger partial charge on any atom is -0.460 e. The Morgan fingerprint density at radius 1 is 1.13 bits per heavy atom. The summed E-state index contributed by atoms with van der Waals surface area (Å²) in [7, 11) is 2.25. The summed E-state index contributed by atoms with van der Waals surface area (Å²) in [5.74, 6) is -0.544. The number of likely N-dealkylation sites (tertiary alicyclic amines) is 1. The number of aliphatic hydroxyl groups is 1. The minimum atomic E-state index is -1.55. The predicted molar refractivity (Wildman–Crippen MR) is 117 cm³/mol. The number of benzene rings is 1. The van der Waals surface area contributed by atoms with E-state index in [4.69, 9.17) is 9.26 Å². The zero-order valence-electron chi connectivity index (χ0n) is 18.5. The molecule has 2 aromatic rings. The number of ether oxygens (including phenoxy) is 1. The van der Waals surface area contributed by atoms with Crippen LogP contribution in [0.1, 0.15) is 56.2 Å². The van der Waals surface area contributed by atoms with E-state index in [0.717, 1.165) is 74.8 Å². The lowest BCUT2D eigenvalue weighted by Gasteiger charge is -2.42. The molecular formula is C25H35N2O4+. The van der Waals surface area contributed by atoms with Gasteiger partial charge in [-0.05, 0) is 18.4 Å². The average Bonchev–Trinajstić information content (AvgIpc) is 3.34. The van der Waals surface area contributed by atoms with Gasteiger partial charge in [0.05, 0.1) is 32.4 Å². The van der Waals surface area contributed by atoms with Gasteiger partial charge in [-0.2, -0.15) is 0 Å². The second kappa shape index (κ2) is 9.53. The number of nitrogens with zero attached hydrogens (tertiary/aromatic N) is 2. The molecule has 0 radical (unpaired) electrons. The van der Waals surface area contributed by atoms with E-state index in [1.807, 2.05) is 36.4 Å². The highest BCUT2D eigenvalue weighted by atomic mass is 16.6. The fourth-order valence-electron chi connectivity index (χ4n) is 5.23. The van der Waals surface area contributed by atoms with Crippen molar-refractivity contribution < 1.29 is 23.6 Å². The van der Waals surface area contributed by atoms with Crippen molar-refractivity contribution in [1.29, 1.82) is 0 Å². The van der Waals surface area contributed by atoms with Crippen molar-refractivity contribution in [2.24, 2.45) is 5.92 Å². The van der Waals surface area contributed by atoms with E-state index in [0.29, 0.717) is 5.56 Å². The number of quaternary nitrogens is 1. The van der Waals surface area contributed by atoms with Crippen molar-refractivity contribution in [2.45, 2.75) is 63.1 Å². The fraction of sp³-hybridized carbons (Fsp3) is 0.600. The van der Waals surface area contributed by atoms with Gasteiger partial charge >= 0.3 is 5.97 Å². The van der Waals surface area contributed by atoms with Crippen molar-refractivity contribution >= 4 is 5.97 Å². The molecule has 2 heterocycles. The Morgan fingerprint density at radius 2 is 1.84 bits per heavy atom. The van der Waals surface area contributed by atoms with E-state index >= 15 is 0 Å². The molecule has 1 atom stereocenters. The van der Waals surface area contributed by atoms with Gasteiger partial charge in [0, 0.05) is 31.2 Å². The zero-order chi connectivity index (χ0) is 21.7. The first-order valence-electron chi connectivity index (χ1n) is 11.7. The number of aromatic nitrogens is 1. The number of esters is 1. The van der Waals surface area contributed by atoms with Gasteiger partial charge in [0.15, 0.2) is 5.60 Å². The number of carbonyl (C=O) groups is 1. The Morgan fingerprint density at radius 3 is 2.48 bits per heavy atom. The Hall–Kier alpha value is -2.18. The number of hydrogen-bond donors (Lipinski definition) is 1. The van der Waals surface area contributed by atoms with Gasteiger partial charge in [-0.3, -0.25) is 0 Å². The Kier molecular flexibility index (Phi) is 6.77. The number of piperidine rings is 1. The first kappa shape index (κ1) is 22.0. The molecule has 2 fully saturated rings. The summed E-state index contributed by atoms with van der Waals surface area (Å²) in [5.41, 5.74) is 0.0915. The molecule has 6 heteroatoms. The molecule has 4 rings (SSSR count). The Bertz CT molecular complexity index is 824. The molecule has 1 aliphatic carbocycles. The lowest BCUT2D eigenvalue weighted by Crippen LogP contribution is -2.53. The molecule has 0 bridgehead atoms. The molecule has 1 unspecified atom stereocenters. The first-order chi connectivity index (χ1) is 15.0. The van der Waals surface area contributed by atoms with Crippen LogP contribution >= 0.6 is 0 Å². The highest BCUT2D eigenvalue weighted by Crippen LogP contribution is 2.41. The molecule has 0 spiro atoms. The van der Waals surface area contributed by atoms with Crippen molar-refractivity contribution in [3.63, 3.8) is 0 Å². The van der Waals surface area contributed by atoms with Crippen LogP contribution in [0.25, 0.3) is 0 Å². The molecule has 1 aromatic carbocycles. The van der Waals surface area contributed by atoms with Crippen LogP contribution in [0.15, 0.2) is 47.2 Å². The molecule has 1 saturated carbocycles. The van der Waals surface area contributed by atoms with E-state index in [2.05, 4.69) is 12.2 Å². The second-order valence-corrected chi connectivity index (χ2v) is 9.60. The van der Waals surface area contributed by atoms with E-state index < -0.39 is 11.6 Å². The summed E-state index contributed by atoms with van der Waals surface area (Å²) in [6, 6.07) is 11.3. The quantitative estimate of drug-likeness (QED) is 0.537. The lowest BCUT2D eigenvalue weighted by molar-refractivity contribution is -0.914. The molecule has 31 heavy (non-hydrogen) atoms. The maximum Gasteiger partial charge on any atom is 0.343 e. The monoisotopic (exact) mass is 427 g/mol. The van der Waals surface area contributed by atoms with Gasteiger partial charge in [0.1, 0.15) is 12.4 Å². The molecule has 6 nitrogen and oxygen atoms in total.